The number of aliphatic hydroxyl groups is 1. The molecule has 0 fully saturated rings. The Bertz CT molecular complexity index is 390. The van der Waals surface area contributed by atoms with Crippen LogP contribution in [0.3, 0.4) is 0 Å². The number of carbonyl (C=O) groups is 1. The Morgan fingerprint density at radius 1 is 1.28 bits per heavy atom. The van der Waals surface area contributed by atoms with Crippen LogP contribution in [0.15, 0.2) is 24.3 Å². The number of carbonyl (C=O) groups excluding carboxylic acids is 1. The molecule has 0 radical (unpaired) electrons. The topological polar surface area (TPSA) is 58.6 Å². The van der Waals surface area contributed by atoms with Gasteiger partial charge in [-0.1, -0.05) is 0 Å². The summed E-state index contributed by atoms with van der Waals surface area (Å²) in [5, 5.41) is 11.0. The Kier molecular flexibility index (Phi) is 4.96. The molecule has 18 heavy (non-hydrogen) atoms. The maximum Gasteiger partial charge on any atom is 0.573 e. The summed E-state index contributed by atoms with van der Waals surface area (Å²) < 4.78 is 39.3. The van der Waals surface area contributed by atoms with Crippen LogP contribution in [0.25, 0.3) is 0 Å². The molecule has 0 aromatic heterocycles. The number of benzene rings is 1. The van der Waals surface area contributed by atoms with Crippen molar-refractivity contribution in [3.05, 3.63) is 29.8 Å². The highest BCUT2D eigenvalue weighted by atomic mass is 19.4. The Hall–Kier alpha value is -1.76. The van der Waals surface area contributed by atoms with Crippen LogP contribution in [0.1, 0.15) is 16.8 Å². The Morgan fingerprint density at radius 2 is 1.89 bits per heavy atom. The Labute approximate surface area is 101 Å². The summed E-state index contributed by atoms with van der Waals surface area (Å²) >= 11 is 0. The lowest BCUT2D eigenvalue weighted by atomic mass is 10.2. The van der Waals surface area contributed by atoms with Gasteiger partial charge < -0.3 is 15.2 Å². The van der Waals surface area contributed by atoms with E-state index in [0.29, 0.717) is 13.0 Å². The number of aliphatic hydroxyl groups excluding tert-OH is 1. The first-order valence-electron chi connectivity index (χ1n) is 5.17. The second-order valence-electron chi connectivity index (χ2n) is 3.41. The number of ether oxygens (including phenoxy) is 1. The quantitative estimate of drug-likeness (QED) is 0.795. The highest BCUT2D eigenvalue weighted by Gasteiger charge is 2.31. The summed E-state index contributed by atoms with van der Waals surface area (Å²) in [6, 6.07) is 4.59. The molecular formula is C11H12F3NO3. The van der Waals surface area contributed by atoms with Gasteiger partial charge in [0.1, 0.15) is 5.75 Å². The molecule has 0 aliphatic rings. The van der Waals surface area contributed by atoms with Crippen LogP contribution < -0.4 is 10.1 Å². The molecule has 0 saturated heterocycles. The normalized spacial score (nSPS) is 11.1. The largest absolute Gasteiger partial charge is 0.573 e. The maximum absolute atomic E-state index is 11.9. The van der Waals surface area contributed by atoms with Crippen LogP contribution in [0, 0.1) is 0 Å². The van der Waals surface area contributed by atoms with Gasteiger partial charge in [-0.05, 0) is 30.7 Å². The van der Waals surface area contributed by atoms with Crippen molar-refractivity contribution in [3.63, 3.8) is 0 Å². The number of hydrogen-bond acceptors (Lipinski definition) is 3. The van der Waals surface area contributed by atoms with Gasteiger partial charge >= 0.3 is 6.36 Å². The first-order chi connectivity index (χ1) is 8.42. The van der Waals surface area contributed by atoms with Crippen LogP contribution in [-0.2, 0) is 0 Å². The second-order valence-corrected chi connectivity index (χ2v) is 3.41. The third-order valence-corrected chi connectivity index (χ3v) is 1.97. The lowest BCUT2D eigenvalue weighted by molar-refractivity contribution is -0.274. The molecular weight excluding hydrogens is 251 g/mol. The SMILES string of the molecule is O=C(NCCCO)c1ccc(OC(F)(F)F)cc1. The zero-order valence-electron chi connectivity index (χ0n) is 9.33. The average molecular weight is 263 g/mol. The molecule has 0 saturated carbocycles. The van der Waals surface area contributed by atoms with Crippen molar-refractivity contribution in [2.45, 2.75) is 12.8 Å². The van der Waals surface area contributed by atoms with Crippen LogP contribution in [0.2, 0.25) is 0 Å². The number of hydrogen-bond donors (Lipinski definition) is 2. The highest BCUT2D eigenvalue weighted by Crippen LogP contribution is 2.22. The minimum atomic E-state index is -4.75. The molecule has 1 aromatic carbocycles. The fraction of sp³-hybridized carbons (Fsp3) is 0.364. The molecule has 0 unspecified atom stereocenters. The molecule has 4 nitrogen and oxygen atoms in total. The van der Waals surface area contributed by atoms with Crippen LogP contribution in [-0.4, -0.2) is 30.5 Å². The van der Waals surface area contributed by atoms with E-state index < -0.39 is 12.3 Å². The highest BCUT2D eigenvalue weighted by molar-refractivity contribution is 5.94. The molecule has 0 bridgehead atoms. The Morgan fingerprint density at radius 3 is 2.39 bits per heavy atom. The molecule has 0 aliphatic heterocycles. The minimum Gasteiger partial charge on any atom is -0.406 e. The molecule has 1 rings (SSSR count). The molecule has 1 aromatic rings. The first kappa shape index (κ1) is 14.3. The van der Waals surface area contributed by atoms with Gasteiger partial charge in [0.2, 0.25) is 0 Å². The monoisotopic (exact) mass is 263 g/mol. The minimum absolute atomic E-state index is 0.0430. The molecule has 0 heterocycles. The van der Waals surface area contributed by atoms with E-state index in [4.69, 9.17) is 5.11 Å². The summed E-state index contributed by atoms with van der Waals surface area (Å²) in [7, 11) is 0. The third-order valence-electron chi connectivity index (χ3n) is 1.97. The molecule has 0 atom stereocenters. The van der Waals surface area contributed by atoms with Crippen molar-refractivity contribution >= 4 is 5.91 Å². The van der Waals surface area contributed by atoms with Gasteiger partial charge in [-0.3, -0.25) is 4.79 Å². The van der Waals surface area contributed by atoms with Crippen LogP contribution >= 0.6 is 0 Å². The van der Waals surface area contributed by atoms with Crippen LogP contribution in [0.5, 0.6) is 5.75 Å². The van der Waals surface area contributed by atoms with E-state index >= 15 is 0 Å². The van der Waals surface area contributed by atoms with Crippen molar-refractivity contribution in [2.24, 2.45) is 0 Å². The van der Waals surface area contributed by atoms with Gasteiger partial charge in [-0.2, -0.15) is 0 Å². The summed E-state index contributed by atoms with van der Waals surface area (Å²) in [6.45, 7) is 0.259. The smallest absolute Gasteiger partial charge is 0.406 e. The first-order valence-corrected chi connectivity index (χ1v) is 5.17. The molecule has 7 heteroatoms. The van der Waals surface area contributed by atoms with Crippen molar-refractivity contribution in [1.82, 2.24) is 5.32 Å². The molecule has 1 amide bonds. The van der Waals surface area contributed by atoms with E-state index in [1.807, 2.05) is 0 Å². The number of halogens is 3. The Balaban J connectivity index is 2.57. The molecule has 0 aliphatic carbocycles. The summed E-state index contributed by atoms with van der Waals surface area (Å²) in [4.78, 5) is 11.5. The van der Waals surface area contributed by atoms with E-state index in [2.05, 4.69) is 10.1 Å². The van der Waals surface area contributed by atoms with E-state index in [1.165, 1.54) is 12.1 Å². The van der Waals surface area contributed by atoms with Gasteiger partial charge in [0.15, 0.2) is 0 Å². The summed E-state index contributed by atoms with van der Waals surface area (Å²) in [5.41, 5.74) is 0.225. The zero-order valence-corrected chi connectivity index (χ0v) is 9.33. The van der Waals surface area contributed by atoms with Gasteiger partial charge in [0, 0.05) is 18.7 Å². The maximum atomic E-state index is 11.9. The van der Waals surface area contributed by atoms with Gasteiger partial charge in [-0.25, -0.2) is 0 Å². The summed E-state index contributed by atoms with van der Waals surface area (Å²) in [5.74, 6) is -0.795. The van der Waals surface area contributed by atoms with E-state index in [-0.39, 0.29) is 17.9 Å². The van der Waals surface area contributed by atoms with E-state index in [0.717, 1.165) is 12.1 Å². The summed E-state index contributed by atoms with van der Waals surface area (Å²) in [6.07, 6.45) is -4.33. The predicted molar refractivity (Wildman–Crippen MR) is 57.2 cm³/mol. The van der Waals surface area contributed by atoms with Gasteiger partial charge in [-0.15, -0.1) is 13.2 Å². The lowest BCUT2D eigenvalue weighted by Crippen LogP contribution is -2.25. The van der Waals surface area contributed by atoms with Crippen molar-refractivity contribution in [1.29, 1.82) is 0 Å². The fourth-order valence-corrected chi connectivity index (χ4v) is 1.19. The number of nitrogens with one attached hydrogen (secondary N) is 1. The average Bonchev–Trinajstić information content (AvgIpc) is 2.28. The van der Waals surface area contributed by atoms with Crippen molar-refractivity contribution in [2.75, 3.05) is 13.2 Å². The van der Waals surface area contributed by atoms with E-state index in [1.54, 1.807) is 0 Å². The van der Waals surface area contributed by atoms with Crippen molar-refractivity contribution < 1.29 is 27.8 Å². The predicted octanol–water partition coefficient (Wildman–Crippen LogP) is 1.70. The van der Waals surface area contributed by atoms with Gasteiger partial charge in [0.25, 0.3) is 5.91 Å². The third kappa shape index (κ3) is 5.05. The van der Waals surface area contributed by atoms with E-state index in [9.17, 15) is 18.0 Å². The number of amides is 1. The number of rotatable bonds is 5. The lowest BCUT2D eigenvalue weighted by Gasteiger charge is -2.09. The molecule has 2 N–H and O–H groups in total. The van der Waals surface area contributed by atoms with Gasteiger partial charge in [0.05, 0.1) is 0 Å². The zero-order chi connectivity index (χ0) is 13.6. The molecule has 0 spiro atoms. The second kappa shape index (κ2) is 6.25. The fourth-order valence-electron chi connectivity index (χ4n) is 1.19. The van der Waals surface area contributed by atoms with Crippen LogP contribution in [0.4, 0.5) is 13.2 Å². The standard InChI is InChI=1S/C11H12F3NO3/c12-11(13,14)18-9-4-2-8(3-5-9)10(17)15-6-1-7-16/h2-5,16H,1,6-7H2,(H,15,17). The number of alkyl halides is 3. The van der Waals surface area contributed by atoms with Crippen molar-refractivity contribution in [3.8, 4) is 5.75 Å². The molecule has 100 valence electrons.